The van der Waals surface area contributed by atoms with Crippen molar-refractivity contribution in [2.24, 2.45) is 5.92 Å². The first kappa shape index (κ1) is 14.8. The Labute approximate surface area is 121 Å². The van der Waals surface area contributed by atoms with Crippen LogP contribution in [0.3, 0.4) is 0 Å². The van der Waals surface area contributed by atoms with Gasteiger partial charge < -0.3 is 10.0 Å². The highest BCUT2D eigenvalue weighted by molar-refractivity contribution is 6.18. The van der Waals surface area contributed by atoms with Crippen LogP contribution in [0, 0.1) is 11.7 Å². The summed E-state index contributed by atoms with van der Waals surface area (Å²) in [5, 5.41) is 9.03. The highest BCUT2D eigenvalue weighted by Gasteiger charge is 2.35. The fraction of sp³-hybridized carbons (Fsp3) is 0.429. The number of halogens is 2. The molecule has 4 nitrogen and oxygen atoms in total. The van der Waals surface area contributed by atoms with Crippen LogP contribution in [-0.4, -0.2) is 34.3 Å². The van der Waals surface area contributed by atoms with Gasteiger partial charge in [0.05, 0.1) is 12.5 Å². The van der Waals surface area contributed by atoms with Gasteiger partial charge in [0.25, 0.3) is 0 Å². The van der Waals surface area contributed by atoms with Crippen molar-refractivity contribution in [3.63, 3.8) is 0 Å². The molecule has 1 saturated heterocycles. The van der Waals surface area contributed by atoms with Crippen LogP contribution in [0.25, 0.3) is 0 Å². The number of aliphatic carboxylic acids is 1. The van der Waals surface area contributed by atoms with Gasteiger partial charge in [-0.2, -0.15) is 0 Å². The number of nitrogens with zero attached hydrogens (tertiary/aromatic N) is 1. The normalized spacial score (nSPS) is 20.2. The van der Waals surface area contributed by atoms with Gasteiger partial charge in [0.1, 0.15) is 5.82 Å². The minimum Gasteiger partial charge on any atom is -0.481 e. The molecule has 108 valence electrons. The number of alkyl halides is 1. The number of benzene rings is 1. The van der Waals surface area contributed by atoms with Gasteiger partial charge in [-0.15, -0.1) is 11.6 Å². The van der Waals surface area contributed by atoms with Crippen LogP contribution >= 0.6 is 11.6 Å². The van der Waals surface area contributed by atoms with E-state index in [2.05, 4.69) is 0 Å². The molecule has 0 aliphatic carbocycles. The molecule has 0 saturated carbocycles. The lowest BCUT2D eigenvalue weighted by atomic mass is 10.0. The maximum atomic E-state index is 13.0. The number of carbonyl (C=O) groups excluding carboxylic acids is 1. The average Bonchev–Trinajstić information content (AvgIpc) is 2.78. The fourth-order valence-corrected chi connectivity index (χ4v) is 2.68. The summed E-state index contributed by atoms with van der Waals surface area (Å²) >= 11 is 5.77. The number of likely N-dealkylation sites (tertiary alicyclic amines) is 1. The molecule has 0 spiro atoms. The summed E-state index contributed by atoms with van der Waals surface area (Å²) < 4.78 is 13.0. The molecule has 2 atom stereocenters. The van der Waals surface area contributed by atoms with Crippen molar-refractivity contribution in [1.29, 1.82) is 0 Å². The molecular formula is C14H15ClFNO3. The van der Waals surface area contributed by atoms with Crippen LogP contribution in [0.15, 0.2) is 24.3 Å². The predicted molar refractivity (Wildman–Crippen MR) is 71.9 cm³/mol. The second-order valence-corrected chi connectivity index (χ2v) is 5.24. The smallest absolute Gasteiger partial charge is 0.305 e. The van der Waals surface area contributed by atoms with E-state index in [1.807, 2.05) is 0 Å². The SMILES string of the molecule is O=C(O)CC(c1ccc(F)cc1)N1CC(CCl)CC1=O. The van der Waals surface area contributed by atoms with Gasteiger partial charge in [-0.1, -0.05) is 12.1 Å². The molecule has 20 heavy (non-hydrogen) atoms. The summed E-state index contributed by atoms with van der Waals surface area (Å²) in [7, 11) is 0. The molecule has 2 rings (SSSR count). The standard InChI is InChI=1S/C14H15ClFNO3/c15-7-9-5-13(18)17(8-9)12(6-14(19)20)10-1-3-11(16)4-2-10/h1-4,9,12H,5-8H2,(H,19,20). The molecule has 1 aromatic rings. The van der Waals surface area contributed by atoms with Crippen LogP contribution in [-0.2, 0) is 9.59 Å². The van der Waals surface area contributed by atoms with Gasteiger partial charge >= 0.3 is 5.97 Å². The van der Waals surface area contributed by atoms with Crippen LogP contribution in [0.4, 0.5) is 4.39 Å². The first-order valence-corrected chi connectivity index (χ1v) is 6.87. The molecule has 1 N–H and O–H groups in total. The van der Waals surface area contributed by atoms with Crippen LogP contribution < -0.4 is 0 Å². The second-order valence-electron chi connectivity index (χ2n) is 4.94. The van der Waals surface area contributed by atoms with E-state index in [9.17, 15) is 14.0 Å². The van der Waals surface area contributed by atoms with Crippen molar-refractivity contribution in [3.8, 4) is 0 Å². The summed E-state index contributed by atoms with van der Waals surface area (Å²) in [6.07, 6.45) is 0.132. The number of rotatable bonds is 5. The molecule has 2 unspecified atom stereocenters. The third kappa shape index (κ3) is 3.28. The Bertz CT molecular complexity index is 506. The Kier molecular flexibility index (Phi) is 4.60. The summed E-state index contributed by atoms with van der Waals surface area (Å²) in [5.41, 5.74) is 0.623. The maximum Gasteiger partial charge on any atom is 0.305 e. The highest BCUT2D eigenvalue weighted by atomic mass is 35.5. The molecule has 0 bridgehead atoms. The molecule has 0 aromatic heterocycles. The molecule has 1 aromatic carbocycles. The zero-order valence-corrected chi connectivity index (χ0v) is 11.5. The fourth-order valence-electron chi connectivity index (χ4n) is 2.47. The van der Waals surface area contributed by atoms with E-state index in [1.165, 1.54) is 29.2 Å². The van der Waals surface area contributed by atoms with E-state index in [-0.39, 0.29) is 18.2 Å². The first-order valence-electron chi connectivity index (χ1n) is 6.34. The Morgan fingerprint density at radius 1 is 1.45 bits per heavy atom. The minimum absolute atomic E-state index is 0.0425. The van der Waals surface area contributed by atoms with Crippen molar-refractivity contribution in [1.82, 2.24) is 4.90 Å². The number of carboxylic acids is 1. The summed E-state index contributed by atoms with van der Waals surface area (Å²) in [6, 6.07) is 5.00. The Morgan fingerprint density at radius 3 is 2.60 bits per heavy atom. The Hall–Kier alpha value is -1.62. The monoisotopic (exact) mass is 299 g/mol. The van der Waals surface area contributed by atoms with E-state index < -0.39 is 17.8 Å². The highest BCUT2D eigenvalue weighted by Crippen LogP contribution is 2.31. The second kappa shape index (κ2) is 6.22. The third-order valence-corrected chi connectivity index (χ3v) is 3.89. The molecule has 1 fully saturated rings. The first-order chi connectivity index (χ1) is 9.51. The molecule has 0 radical (unpaired) electrons. The van der Waals surface area contributed by atoms with Crippen molar-refractivity contribution >= 4 is 23.5 Å². The zero-order valence-electron chi connectivity index (χ0n) is 10.8. The van der Waals surface area contributed by atoms with Crippen LogP contribution in [0.2, 0.25) is 0 Å². The van der Waals surface area contributed by atoms with Crippen molar-refractivity contribution in [3.05, 3.63) is 35.6 Å². The van der Waals surface area contributed by atoms with Crippen LogP contribution in [0.5, 0.6) is 0 Å². The van der Waals surface area contributed by atoms with Gasteiger partial charge in [0.15, 0.2) is 0 Å². The number of hydrogen-bond donors (Lipinski definition) is 1. The lowest BCUT2D eigenvalue weighted by molar-refractivity contribution is -0.139. The van der Waals surface area contributed by atoms with E-state index in [4.69, 9.17) is 16.7 Å². The lowest BCUT2D eigenvalue weighted by Gasteiger charge is -2.27. The topological polar surface area (TPSA) is 57.6 Å². The van der Waals surface area contributed by atoms with Gasteiger partial charge in [-0.25, -0.2) is 4.39 Å². The predicted octanol–water partition coefficient (Wildman–Crippen LogP) is 2.43. The number of hydrogen-bond acceptors (Lipinski definition) is 2. The Morgan fingerprint density at radius 2 is 2.10 bits per heavy atom. The maximum absolute atomic E-state index is 13.0. The molecule has 1 amide bonds. The number of amides is 1. The number of carboxylic acid groups (broad SMARTS) is 1. The van der Waals surface area contributed by atoms with E-state index in [0.717, 1.165) is 0 Å². The van der Waals surface area contributed by atoms with Crippen molar-refractivity contribution in [2.45, 2.75) is 18.9 Å². The van der Waals surface area contributed by atoms with Crippen molar-refractivity contribution < 1.29 is 19.1 Å². The average molecular weight is 300 g/mol. The van der Waals surface area contributed by atoms with Gasteiger partial charge in [-0.3, -0.25) is 9.59 Å². The van der Waals surface area contributed by atoms with Gasteiger partial charge in [0.2, 0.25) is 5.91 Å². The summed E-state index contributed by atoms with van der Waals surface area (Å²) in [6.45, 7) is 0.442. The molecule has 1 heterocycles. The molecule has 1 aliphatic heterocycles. The van der Waals surface area contributed by atoms with E-state index in [0.29, 0.717) is 24.4 Å². The van der Waals surface area contributed by atoms with E-state index in [1.54, 1.807) is 0 Å². The Balaban J connectivity index is 2.26. The molecule has 1 aliphatic rings. The number of carbonyl (C=O) groups is 2. The van der Waals surface area contributed by atoms with Crippen LogP contribution in [0.1, 0.15) is 24.4 Å². The summed E-state index contributed by atoms with van der Waals surface area (Å²) in [4.78, 5) is 24.6. The largest absolute Gasteiger partial charge is 0.481 e. The van der Waals surface area contributed by atoms with Crippen molar-refractivity contribution in [2.75, 3.05) is 12.4 Å². The van der Waals surface area contributed by atoms with Gasteiger partial charge in [0, 0.05) is 18.8 Å². The quantitative estimate of drug-likeness (QED) is 0.850. The third-order valence-electron chi connectivity index (χ3n) is 3.46. The molecule has 6 heteroatoms. The van der Waals surface area contributed by atoms with Gasteiger partial charge in [-0.05, 0) is 23.6 Å². The van der Waals surface area contributed by atoms with E-state index >= 15 is 0 Å². The zero-order chi connectivity index (χ0) is 14.7. The molecular weight excluding hydrogens is 285 g/mol. The minimum atomic E-state index is -0.999. The summed E-state index contributed by atoms with van der Waals surface area (Å²) in [5.74, 6) is -1.09. The lowest BCUT2D eigenvalue weighted by Crippen LogP contribution is -2.32.